The van der Waals surface area contributed by atoms with Crippen molar-refractivity contribution < 1.29 is 4.79 Å². The van der Waals surface area contributed by atoms with Crippen LogP contribution < -0.4 is 10.2 Å². The van der Waals surface area contributed by atoms with Crippen LogP contribution in [0.25, 0.3) is 0 Å². The molecule has 0 saturated carbocycles. The molecule has 0 spiro atoms. The lowest BCUT2D eigenvalue weighted by molar-refractivity contribution is 0.208. The number of aromatic nitrogens is 1. The van der Waals surface area contributed by atoms with Gasteiger partial charge in [-0.05, 0) is 31.5 Å². The maximum absolute atomic E-state index is 11.9. The minimum atomic E-state index is 0.0423. The maximum Gasteiger partial charge on any atom is 0.317 e. The first-order valence-corrected chi connectivity index (χ1v) is 8.13. The van der Waals surface area contributed by atoms with Gasteiger partial charge in [0.25, 0.3) is 0 Å². The molecule has 22 heavy (non-hydrogen) atoms. The summed E-state index contributed by atoms with van der Waals surface area (Å²) in [6.07, 6.45) is 4.11. The third kappa shape index (κ3) is 3.68. The third-order valence-electron chi connectivity index (χ3n) is 4.47. The highest BCUT2D eigenvalue weighted by molar-refractivity contribution is 5.74. The summed E-state index contributed by atoms with van der Waals surface area (Å²) in [6.45, 7) is 6.51. The number of nitrogens with zero attached hydrogens (tertiary/aromatic N) is 4. The van der Waals surface area contributed by atoms with Crippen LogP contribution in [0, 0.1) is 0 Å². The second-order valence-electron chi connectivity index (χ2n) is 6.17. The molecule has 2 aliphatic heterocycles. The summed E-state index contributed by atoms with van der Waals surface area (Å²) in [4.78, 5) is 23.0. The van der Waals surface area contributed by atoms with E-state index in [0.29, 0.717) is 6.54 Å². The number of nitrogens with one attached hydrogen (secondary N) is 1. The Hall–Kier alpha value is -1.82. The Morgan fingerprint density at radius 3 is 2.50 bits per heavy atom. The van der Waals surface area contributed by atoms with Crippen LogP contribution in [0.3, 0.4) is 0 Å². The van der Waals surface area contributed by atoms with Gasteiger partial charge >= 0.3 is 6.03 Å². The Bertz CT molecular complexity index is 490. The van der Waals surface area contributed by atoms with E-state index in [9.17, 15) is 4.79 Å². The first-order chi connectivity index (χ1) is 10.7. The number of piperazine rings is 1. The van der Waals surface area contributed by atoms with Crippen LogP contribution in [0.1, 0.15) is 18.4 Å². The van der Waals surface area contributed by atoms with Gasteiger partial charge in [-0.25, -0.2) is 9.78 Å². The number of likely N-dealkylation sites (tertiary alicyclic amines) is 1. The van der Waals surface area contributed by atoms with Gasteiger partial charge in [-0.15, -0.1) is 0 Å². The molecule has 0 unspecified atom stereocenters. The van der Waals surface area contributed by atoms with Crippen molar-refractivity contribution in [2.75, 3.05) is 51.2 Å². The molecule has 6 heteroatoms. The summed E-state index contributed by atoms with van der Waals surface area (Å²) < 4.78 is 0. The van der Waals surface area contributed by atoms with Crippen molar-refractivity contribution in [3.8, 4) is 0 Å². The Morgan fingerprint density at radius 2 is 1.86 bits per heavy atom. The van der Waals surface area contributed by atoms with Crippen molar-refractivity contribution in [2.45, 2.75) is 19.4 Å². The number of carbonyl (C=O) groups is 1. The number of hydrogen-bond acceptors (Lipinski definition) is 4. The van der Waals surface area contributed by atoms with Crippen LogP contribution >= 0.6 is 0 Å². The Morgan fingerprint density at radius 1 is 1.14 bits per heavy atom. The van der Waals surface area contributed by atoms with Crippen molar-refractivity contribution in [1.82, 2.24) is 20.1 Å². The minimum absolute atomic E-state index is 0.0423. The lowest BCUT2D eigenvalue weighted by atomic mass is 10.2. The number of likely N-dealkylation sites (N-methyl/N-ethyl adjacent to an activating group) is 1. The molecule has 3 heterocycles. The molecule has 0 atom stereocenters. The number of carbonyl (C=O) groups excluding carboxylic acids is 1. The van der Waals surface area contributed by atoms with E-state index in [4.69, 9.17) is 0 Å². The fourth-order valence-corrected chi connectivity index (χ4v) is 2.95. The van der Waals surface area contributed by atoms with E-state index in [1.54, 1.807) is 0 Å². The van der Waals surface area contributed by atoms with Crippen molar-refractivity contribution in [2.24, 2.45) is 0 Å². The zero-order chi connectivity index (χ0) is 15.4. The molecule has 0 aromatic carbocycles. The SMILES string of the molecule is CN1CCN(c2ccc(CNC(=O)N3CCCC3)cn2)CC1. The van der Waals surface area contributed by atoms with Crippen LogP contribution in [0.5, 0.6) is 0 Å². The van der Waals surface area contributed by atoms with Crippen LogP contribution in [0.15, 0.2) is 18.3 Å². The van der Waals surface area contributed by atoms with Crippen LogP contribution in [0.4, 0.5) is 10.6 Å². The Kier molecular flexibility index (Phi) is 4.77. The van der Waals surface area contributed by atoms with Crippen molar-refractivity contribution in [1.29, 1.82) is 0 Å². The number of rotatable bonds is 3. The first kappa shape index (κ1) is 15.1. The summed E-state index contributed by atoms with van der Waals surface area (Å²) in [6, 6.07) is 4.16. The van der Waals surface area contributed by atoms with Gasteiger partial charge in [0.1, 0.15) is 5.82 Å². The third-order valence-corrected chi connectivity index (χ3v) is 4.47. The average molecular weight is 303 g/mol. The molecule has 2 amide bonds. The summed E-state index contributed by atoms with van der Waals surface area (Å²) in [5.74, 6) is 1.03. The normalized spacial score (nSPS) is 19.5. The molecule has 2 saturated heterocycles. The first-order valence-electron chi connectivity index (χ1n) is 8.13. The molecule has 0 radical (unpaired) electrons. The highest BCUT2D eigenvalue weighted by atomic mass is 16.2. The summed E-state index contributed by atoms with van der Waals surface area (Å²) >= 11 is 0. The molecule has 3 rings (SSSR count). The van der Waals surface area contributed by atoms with Gasteiger partial charge in [0.05, 0.1) is 0 Å². The van der Waals surface area contributed by atoms with Gasteiger partial charge in [0, 0.05) is 52.0 Å². The fraction of sp³-hybridized carbons (Fsp3) is 0.625. The quantitative estimate of drug-likeness (QED) is 0.910. The molecule has 120 valence electrons. The molecular formula is C16H25N5O. The van der Waals surface area contributed by atoms with Gasteiger partial charge < -0.3 is 20.0 Å². The summed E-state index contributed by atoms with van der Waals surface area (Å²) in [5.41, 5.74) is 1.05. The molecule has 6 nitrogen and oxygen atoms in total. The van der Waals surface area contributed by atoms with Crippen molar-refractivity contribution in [3.05, 3.63) is 23.9 Å². The number of hydrogen-bond donors (Lipinski definition) is 1. The van der Waals surface area contributed by atoms with Gasteiger partial charge in [-0.2, -0.15) is 0 Å². The molecule has 2 fully saturated rings. The van der Waals surface area contributed by atoms with E-state index in [1.165, 1.54) is 0 Å². The van der Waals surface area contributed by atoms with E-state index >= 15 is 0 Å². The van der Waals surface area contributed by atoms with E-state index in [2.05, 4.69) is 39.3 Å². The second kappa shape index (κ2) is 6.96. The van der Waals surface area contributed by atoms with Crippen LogP contribution in [-0.2, 0) is 6.54 Å². The molecule has 1 aromatic heterocycles. The molecular weight excluding hydrogens is 278 g/mol. The predicted octanol–water partition coefficient (Wildman–Crippen LogP) is 1.14. The topological polar surface area (TPSA) is 51.7 Å². The Labute approximate surface area is 132 Å². The minimum Gasteiger partial charge on any atom is -0.354 e. The average Bonchev–Trinajstić information content (AvgIpc) is 3.08. The number of urea groups is 1. The highest BCUT2D eigenvalue weighted by Gasteiger charge is 2.17. The monoisotopic (exact) mass is 303 g/mol. The van der Waals surface area contributed by atoms with E-state index in [-0.39, 0.29) is 6.03 Å². The predicted molar refractivity (Wildman–Crippen MR) is 87.0 cm³/mol. The van der Waals surface area contributed by atoms with Crippen LogP contribution in [-0.4, -0.2) is 67.1 Å². The number of anilines is 1. The summed E-state index contributed by atoms with van der Waals surface area (Å²) in [5, 5.41) is 2.97. The van der Waals surface area contributed by atoms with Gasteiger partial charge in [-0.3, -0.25) is 0 Å². The fourth-order valence-electron chi connectivity index (χ4n) is 2.95. The number of amides is 2. The van der Waals surface area contributed by atoms with Gasteiger partial charge in [0.15, 0.2) is 0 Å². The van der Waals surface area contributed by atoms with Crippen LogP contribution in [0.2, 0.25) is 0 Å². The van der Waals surface area contributed by atoms with Crippen molar-refractivity contribution in [3.63, 3.8) is 0 Å². The second-order valence-corrected chi connectivity index (χ2v) is 6.17. The zero-order valence-electron chi connectivity index (χ0n) is 13.3. The smallest absolute Gasteiger partial charge is 0.317 e. The lowest BCUT2D eigenvalue weighted by Gasteiger charge is -2.33. The van der Waals surface area contributed by atoms with E-state index in [0.717, 1.165) is 63.5 Å². The molecule has 2 aliphatic rings. The molecule has 0 bridgehead atoms. The Balaban J connectivity index is 1.50. The molecule has 0 aliphatic carbocycles. The summed E-state index contributed by atoms with van der Waals surface area (Å²) in [7, 11) is 2.15. The van der Waals surface area contributed by atoms with E-state index in [1.807, 2.05) is 11.1 Å². The van der Waals surface area contributed by atoms with Gasteiger partial charge in [0.2, 0.25) is 0 Å². The number of pyridine rings is 1. The maximum atomic E-state index is 11.9. The lowest BCUT2D eigenvalue weighted by Crippen LogP contribution is -2.44. The van der Waals surface area contributed by atoms with Crippen molar-refractivity contribution >= 4 is 11.8 Å². The zero-order valence-corrected chi connectivity index (χ0v) is 13.3. The van der Waals surface area contributed by atoms with Gasteiger partial charge in [-0.1, -0.05) is 6.07 Å². The standard InChI is InChI=1S/C16H25N5O/c1-19-8-10-20(11-9-19)15-5-4-14(12-17-15)13-18-16(22)21-6-2-3-7-21/h4-5,12H,2-3,6-11,13H2,1H3,(H,18,22). The molecule has 1 aromatic rings. The van der Waals surface area contributed by atoms with E-state index < -0.39 is 0 Å². The largest absolute Gasteiger partial charge is 0.354 e. The highest BCUT2D eigenvalue weighted by Crippen LogP contribution is 2.14. The molecule has 1 N–H and O–H groups in total.